The lowest BCUT2D eigenvalue weighted by Crippen LogP contribution is -2.43. The van der Waals surface area contributed by atoms with E-state index in [-0.39, 0.29) is 41.3 Å². The second-order valence-electron chi connectivity index (χ2n) is 8.26. The normalized spacial score (nSPS) is 15.2. The maximum atomic E-state index is 13.8. The second kappa shape index (κ2) is 11.7. The summed E-state index contributed by atoms with van der Waals surface area (Å²) in [4.78, 5) is 43.6. The summed E-state index contributed by atoms with van der Waals surface area (Å²) in [7, 11) is 1.23. The molecule has 3 aromatic rings. The predicted molar refractivity (Wildman–Crippen MR) is 137 cm³/mol. The lowest BCUT2D eigenvalue weighted by molar-refractivity contribution is -0.122. The number of ether oxygens (including phenoxy) is 1. The van der Waals surface area contributed by atoms with Crippen molar-refractivity contribution in [3.63, 3.8) is 0 Å². The molecule has 196 valence electrons. The third-order valence-corrected chi connectivity index (χ3v) is 6.58. The van der Waals surface area contributed by atoms with Gasteiger partial charge in [0.2, 0.25) is 5.78 Å². The molecule has 4 rings (SSSR count). The molecule has 2 N–H and O–H groups in total. The van der Waals surface area contributed by atoms with Gasteiger partial charge in [0.1, 0.15) is 34.2 Å². The largest absolute Gasteiger partial charge is 0.483 e. The minimum atomic E-state index is -1.37. The minimum Gasteiger partial charge on any atom is -0.483 e. The number of aromatic nitrogens is 2. The number of amides is 2. The van der Waals surface area contributed by atoms with Crippen LogP contribution >= 0.6 is 11.3 Å². The fraction of sp³-hybridized carbons (Fsp3) is 0.231. The quantitative estimate of drug-likeness (QED) is 0.449. The molecule has 0 bridgehead atoms. The van der Waals surface area contributed by atoms with Crippen LogP contribution in [0, 0.1) is 5.82 Å². The molecular weight excluding hydrogens is 513 g/mol. The van der Waals surface area contributed by atoms with Crippen molar-refractivity contribution in [2.75, 3.05) is 13.6 Å². The van der Waals surface area contributed by atoms with Crippen LogP contribution in [-0.4, -0.2) is 57.4 Å². The van der Waals surface area contributed by atoms with Crippen LogP contribution in [0.15, 0.2) is 71.0 Å². The molecule has 1 aliphatic rings. The van der Waals surface area contributed by atoms with E-state index in [2.05, 4.69) is 20.5 Å². The Hall–Kier alpha value is -4.45. The maximum Gasteiger partial charge on any atom is 0.412 e. The van der Waals surface area contributed by atoms with Gasteiger partial charge in [-0.1, -0.05) is 53.8 Å². The number of carboxylic acid groups (broad SMARTS) is 1. The minimum absolute atomic E-state index is 0.0108. The summed E-state index contributed by atoms with van der Waals surface area (Å²) in [5.74, 6) is -3.45. The summed E-state index contributed by atoms with van der Waals surface area (Å²) < 4.78 is 19.1. The highest BCUT2D eigenvalue weighted by atomic mass is 32.1. The van der Waals surface area contributed by atoms with Gasteiger partial charge in [-0.25, -0.2) is 14.2 Å². The van der Waals surface area contributed by atoms with Gasteiger partial charge >= 0.3 is 6.09 Å². The molecule has 38 heavy (non-hydrogen) atoms. The van der Waals surface area contributed by atoms with E-state index in [1.54, 1.807) is 31.2 Å². The van der Waals surface area contributed by atoms with Gasteiger partial charge < -0.3 is 15.2 Å². The van der Waals surface area contributed by atoms with E-state index in [1.165, 1.54) is 19.2 Å². The van der Waals surface area contributed by atoms with Crippen LogP contribution in [0.5, 0.6) is 0 Å². The standard InChI is InChI=1S/C26H24FN5O5S/c1-3-28-24(34)20-22(37-14-16-7-5-4-6-8-16)21(33)19(23(29-20)32(2)26(35)36)25-31-30-18(38-25)13-15-9-11-17(27)12-10-15/h4-12,19H,3,13-14H2,1-2H3,(H,28,34)(H,35,36). The van der Waals surface area contributed by atoms with Gasteiger partial charge in [0.05, 0.1) is 0 Å². The summed E-state index contributed by atoms with van der Waals surface area (Å²) in [5, 5.41) is 21.3. The van der Waals surface area contributed by atoms with Crippen LogP contribution in [0.2, 0.25) is 0 Å². The van der Waals surface area contributed by atoms with Crippen LogP contribution in [0.3, 0.4) is 0 Å². The molecule has 2 amide bonds. The Kier molecular flexibility index (Phi) is 8.22. The van der Waals surface area contributed by atoms with Crippen molar-refractivity contribution in [3.8, 4) is 0 Å². The van der Waals surface area contributed by atoms with Crippen LogP contribution in [0.1, 0.15) is 34.0 Å². The first kappa shape index (κ1) is 26.6. The molecule has 0 fully saturated rings. The number of carbonyl (C=O) groups is 3. The molecule has 0 aliphatic carbocycles. The number of nitrogens with zero attached hydrogens (tertiary/aromatic N) is 4. The first-order chi connectivity index (χ1) is 18.3. The molecule has 10 nitrogen and oxygen atoms in total. The van der Waals surface area contributed by atoms with Gasteiger partial charge in [-0.15, -0.1) is 10.2 Å². The number of carbonyl (C=O) groups excluding carboxylic acids is 2. The zero-order valence-electron chi connectivity index (χ0n) is 20.6. The van der Waals surface area contributed by atoms with Crippen LogP contribution in [-0.2, 0) is 27.4 Å². The Bertz CT molecular complexity index is 1400. The molecule has 1 aliphatic heterocycles. The van der Waals surface area contributed by atoms with Crippen molar-refractivity contribution in [2.24, 2.45) is 4.99 Å². The molecular formula is C26H24FN5O5S. The lowest BCUT2D eigenvalue weighted by atomic mass is 9.96. The van der Waals surface area contributed by atoms with E-state index in [0.717, 1.165) is 27.4 Å². The number of amidine groups is 1. The zero-order chi connectivity index (χ0) is 27.2. The maximum absolute atomic E-state index is 13.8. The third kappa shape index (κ3) is 5.92. The summed E-state index contributed by atoms with van der Waals surface area (Å²) in [6.07, 6.45) is -1.04. The Morgan fingerprint density at radius 1 is 1.11 bits per heavy atom. The lowest BCUT2D eigenvalue weighted by Gasteiger charge is -2.27. The first-order valence-electron chi connectivity index (χ1n) is 11.6. The van der Waals surface area contributed by atoms with Crippen LogP contribution in [0.25, 0.3) is 0 Å². The number of ketones is 1. The summed E-state index contributed by atoms with van der Waals surface area (Å²) in [6.45, 7) is 1.95. The Balaban J connectivity index is 1.73. The number of benzene rings is 2. The third-order valence-electron chi connectivity index (χ3n) is 5.59. The monoisotopic (exact) mass is 537 g/mol. The Morgan fingerprint density at radius 3 is 2.47 bits per heavy atom. The van der Waals surface area contributed by atoms with Crippen molar-refractivity contribution in [1.29, 1.82) is 0 Å². The van der Waals surface area contributed by atoms with Gasteiger partial charge in [-0.2, -0.15) is 0 Å². The van der Waals surface area contributed by atoms with E-state index >= 15 is 0 Å². The number of Topliss-reactive ketones (excluding diaryl/α,β-unsaturated/α-hetero) is 1. The van der Waals surface area contributed by atoms with Gasteiger partial charge in [-0.3, -0.25) is 14.5 Å². The number of nitrogens with one attached hydrogen (secondary N) is 1. The van der Waals surface area contributed by atoms with Gasteiger partial charge in [0, 0.05) is 20.0 Å². The van der Waals surface area contributed by atoms with Crippen molar-refractivity contribution in [3.05, 3.63) is 93.0 Å². The van der Waals surface area contributed by atoms with E-state index in [4.69, 9.17) is 4.74 Å². The molecule has 0 spiro atoms. The van der Waals surface area contributed by atoms with Crippen molar-refractivity contribution >= 4 is 35.0 Å². The molecule has 1 unspecified atom stereocenters. The molecule has 2 heterocycles. The summed E-state index contributed by atoms with van der Waals surface area (Å²) in [6, 6.07) is 15.0. The first-order valence-corrected chi connectivity index (χ1v) is 12.5. The highest BCUT2D eigenvalue weighted by molar-refractivity contribution is 7.11. The summed E-state index contributed by atoms with van der Waals surface area (Å²) >= 11 is 1.10. The number of aliphatic imine (C=N–C) groups is 1. The second-order valence-corrected chi connectivity index (χ2v) is 9.35. The van der Waals surface area contributed by atoms with Crippen LogP contribution in [0.4, 0.5) is 9.18 Å². The molecule has 2 aromatic carbocycles. The number of halogens is 1. The number of likely N-dealkylation sites (N-methyl/N-ethyl adjacent to an activating group) is 2. The smallest absolute Gasteiger partial charge is 0.412 e. The molecule has 1 aromatic heterocycles. The number of hydrogen-bond donors (Lipinski definition) is 2. The average molecular weight is 538 g/mol. The molecule has 12 heteroatoms. The van der Waals surface area contributed by atoms with Crippen molar-refractivity contribution in [1.82, 2.24) is 20.4 Å². The molecule has 0 saturated heterocycles. The van der Waals surface area contributed by atoms with E-state index < -0.39 is 23.7 Å². The Morgan fingerprint density at radius 2 is 1.82 bits per heavy atom. The number of allylic oxidation sites excluding steroid dienone is 1. The predicted octanol–water partition coefficient (Wildman–Crippen LogP) is 3.51. The summed E-state index contributed by atoms with van der Waals surface area (Å²) in [5.41, 5.74) is 1.23. The fourth-order valence-electron chi connectivity index (χ4n) is 3.68. The molecule has 1 atom stereocenters. The highest BCUT2D eigenvalue weighted by Gasteiger charge is 2.43. The van der Waals surface area contributed by atoms with E-state index in [0.29, 0.717) is 11.4 Å². The number of hydrogen-bond acceptors (Lipinski definition) is 8. The van der Waals surface area contributed by atoms with Crippen LogP contribution < -0.4 is 5.32 Å². The Labute approximate surface area is 221 Å². The van der Waals surface area contributed by atoms with Crippen molar-refractivity contribution in [2.45, 2.75) is 25.9 Å². The zero-order valence-corrected chi connectivity index (χ0v) is 21.4. The van der Waals surface area contributed by atoms with Gasteiger partial charge in [-0.05, 0) is 30.2 Å². The SMILES string of the molecule is CCNC(=O)C1=C(OCc2ccccc2)C(=O)C(c2nnc(Cc3ccc(F)cc3)s2)C(N(C)C(=O)O)=N1. The van der Waals surface area contributed by atoms with Gasteiger partial charge in [0.25, 0.3) is 5.91 Å². The van der Waals surface area contributed by atoms with Gasteiger partial charge in [0.15, 0.2) is 11.5 Å². The van der Waals surface area contributed by atoms with Crippen molar-refractivity contribution < 1.29 is 28.6 Å². The number of rotatable bonds is 8. The highest BCUT2D eigenvalue weighted by Crippen LogP contribution is 2.33. The van der Waals surface area contributed by atoms with E-state index in [1.807, 2.05) is 18.2 Å². The molecule has 0 saturated carbocycles. The molecule has 0 radical (unpaired) electrons. The topological polar surface area (TPSA) is 134 Å². The fourth-order valence-corrected chi connectivity index (χ4v) is 4.66. The average Bonchev–Trinajstić information content (AvgIpc) is 3.36. The van der Waals surface area contributed by atoms with E-state index in [9.17, 15) is 23.9 Å².